The van der Waals surface area contributed by atoms with Gasteiger partial charge in [0.15, 0.2) is 0 Å². The molecule has 0 saturated heterocycles. The van der Waals surface area contributed by atoms with E-state index in [1.165, 1.54) is 0 Å². The molecule has 1 aliphatic rings. The van der Waals surface area contributed by atoms with Crippen LogP contribution in [0.5, 0.6) is 0 Å². The van der Waals surface area contributed by atoms with Gasteiger partial charge >= 0.3 is 0 Å². The maximum Gasteiger partial charge on any atom is 0.236 e. The maximum absolute atomic E-state index is 10.9. The van der Waals surface area contributed by atoms with Gasteiger partial charge < -0.3 is 4.90 Å². The Morgan fingerprint density at radius 1 is 1.31 bits per heavy atom. The van der Waals surface area contributed by atoms with Gasteiger partial charge in [-0.3, -0.25) is 4.99 Å². The summed E-state index contributed by atoms with van der Waals surface area (Å²) in [6.45, 7) is 1.67. The van der Waals surface area contributed by atoms with Crippen LogP contribution in [0, 0.1) is 0 Å². The van der Waals surface area contributed by atoms with Crippen molar-refractivity contribution in [1.29, 1.82) is 0 Å². The fourth-order valence-corrected chi connectivity index (χ4v) is 2.53. The third-order valence-electron chi connectivity index (χ3n) is 2.30. The first-order valence-electron chi connectivity index (χ1n) is 4.82. The van der Waals surface area contributed by atoms with Crippen LogP contribution in [-0.4, -0.2) is 27.8 Å². The number of benzene rings is 1. The molecule has 0 radical (unpaired) electrons. The third kappa shape index (κ3) is 2.96. The fraction of sp³-hybridized carbons (Fsp3) is 0.300. The van der Waals surface area contributed by atoms with Crippen LogP contribution in [0.15, 0.2) is 29.3 Å². The average molecular weight is 259 g/mol. The van der Waals surface area contributed by atoms with Gasteiger partial charge in [0.2, 0.25) is 9.05 Å². The van der Waals surface area contributed by atoms with Crippen molar-refractivity contribution in [2.45, 2.75) is 5.75 Å². The molecule has 0 aliphatic carbocycles. The third-order valence-corrected chi connectivity index (χ3v) is 3.30. The highest BCUT2D eigenvalue weighted by molar-refractivity contribution is 8.13. The number of hydrogen-bond acceptors (Lipinski definition) is 4. The molecule has 0 atom stereocenters. The summed E-state index contributed by atoms with van der Waals surface area (Å²) in [5.74, 6) is -0.136. The topological polar surface area (TPSA) is 49.7 Å². The van der Waals surface area contributed by atoms with E-state index >= 15 is 0 Å². The molecule has 0 spiro atoms. The molecule has 4 nitrogen and oxygen atoms in total. The summed E-state index contributed by atoms with van der Waals surface area (Å²) in [4.78, 5) is 6.12. The lowest BCUT2D eigenvalue weighted by atomic mass is 10.2. The smallest absolute Gasteiger partial charge is 0.236 e. The number of anilines is 1. The molecule has 1 heterocycles. The Balaban J connectivity index is 2.13. The van der Waals surface area contributed by atoms with Gasteiger partial charge in [-0.25, -0.2) is 8.42 Å². The Kier molecular flexibility index (Phi) is 3.16. The highest BCUT2D eigenvalue weighted by Gasteiger charge is 2.10. The summed E-state index contributed by atoms with van der Waals surface area (Å²) in [6, 6.07) is 7.27. The van der Waals surface area contributed by atoms with Crippen LogP contribution in [0.25, 0.3) is 0 Å². The van der Waals surface area contributed by atoms with Crippen molar-refractivity contribution < 1.29 is 8.42 Å². The van der Waals surface area contributed by atoms with Gasteiger partial charge in [-0.05, 0) is 17.7 Å². The highest BCUT2D eigenvalue weighted by Crippen LogP contribution is 2.17. The molecule has 0 N–H and O–H groups in total. The van der Waals surface area contributed by atoms with Crippen molar-refractivity contribution in [3.05, 3.63) is 29.8 Å². The number of halogens is 1. The number of nitrogens with zero attached hydrogens (tertiary/aromatic N) is 2. The van der Waals surface area contributed by atoms with E-state index in [4.69, 9.17) is 10.7 Å². The Morgan fingerprint density at radius 2 is 2.00 bits per heavy atom. The molecular formula is C10H11ClN2O2S. The summed E-state index contributed by atoms with van der Waals surface area (Å²) >= 11 is 0. The van der Waals surface area contributed by atoms with Crippen LogP contribution in [0.1, 0.15) is 5.56 Å². The quantitative estimate of drug-likeness (QED) is 0.774. The lowest BCUT2D eigenvalue weighted by Gasteiger charge is -2.13. The van der Waals surface area contributed by atoms with E-state index in [1.807, 2.05) is 17.0 Å². The van der Waals surface area contributed by atoms with Gasteiger partial charge in [0, 0.05) is 22.9 Å². The first kappa shape index (κ1) is 11.4. The maximum atomic E-state index is 10.9. The van der Waals surface area contributed by atoms with E-state index in [-0.39, 0.29) is 5.75 Å². The second kappa shape index (κ2) is 4.43. The predicted octanol–water partition coefficient (Wildman–Crippen LogP) is 1.60. The summed E-state index contributed by atoms with van der Waals surface area (Å²) in [6.07, 6.45) is 1.79. The van der Waals surface area contributed by atoms with Gasteiger partial charge in [-0.1, -0.05) is 12.1 Å². The SMILES string of the molecule is O=S(=O)(Cl)Cc1ccc(N2C=NCC2)cc1. The minimum atomic E-state index is -3.48. The summed E-state index contributed by atoms with van der Waals surface area (Å²) in [7, 11) is 1.70. The zero-order chi connectivity index (χ0) is 11.6. The molecule has 16 heavy (non-hydrogen) atoms. The van der Waals surface area contributed by atoms with Gasteiger partial charge in [0.05, 0.1) is 18.6 Å². The van der Waals surface area contributed by atoms with Gasteiger partial charge in [0.25, 0.3) is 0 Å². The van der Waals surface area contributed by atoms with Crippen molar-refractivity contribution in [3.8, 4) is 0 Å². The first-order chi connectivity index (χ1) is 7.54. The molecule has 0 unspecified atom stereocenters. The van der Waals surface area contributed by atoms with E-state index < -0.39 is 9.05 Å². The zero-order valence-electron chi connectivity index (χ0n) is 8.51. The molecule has 1 aliphatic heterocycles. The Hall–Kier alpha value is -1.07. The summed E-state index contributed by atoms with van der Waals surface area (Å²) in [5, 5.41) is 0. The lowest BCUT2D eigenvalue weighted by Crippen LogP contribution is -2.17. The zero-order valence-corrected chi connectivity index (χ0v) is 10.1. The molecule has 1 aromatic carbocycles. The molecule has 0 aromatic heterocycles. The predicted molar refractivity (Wildman–Crippen MR) is 65.6 cm³/mol. The molecule has 0 saturated carbocycles. The molecule has 86 valence electrons. The van der Waals surface area contributed by atoms with Gasteiger partial charge in [-0.15, -0.1) is 0 Å². The largest absolute Gasteiger partial charge is 0.331 e. The molecule has 6 heteroatoms. The number of hydrogen-bond donors (Lipinski definition) is 0. The van der Waals surface area contributed by atoms with Crippen LogP contribution in [0.4, 0.5) is 5.69 Å². The van der Waals surface area contributed by atoms with Crippen molar-refractivity contribution in [2.24, 2.45) is 4.99 Å². The summed E-state index contributed by atoms with van der Waals surface area (Å²) < 4.78 is 21.8. The van der Waals surface area contributed by atoms with Crippen LogP contribution < -0.4 is 4.90 Å². The minimum absolute atomic E-state index is 0.136. The van der Waals surface area contributed by atoms with E-state index in [1.54, 1.807) is 18.5 Å². The minimum Gasteiger partial charge on any atom is -0.331 e. The van der Waals surface area contributed by atoms with E-state index in [0.29, 0.717) is 5.56 Å². The Labute approximate surface area is 99.0 Å². The van der Waals surface area contributed by atoms with Crippen LogP contribution in [-0.2, 0) is 14.8 Å². The van der Waals surface area contributed by atoms with E-state index in [2.05, 4.69) is 4.99 Å². The van der Waals surface area contributed by atoms with E-state index in [9.17, 15) is 8.42 Å². The van der Waals surface area contributed by atoms with Gasteiger partial charge in [-0.2, -0.15) is 0 Å². The molecule has 0 amide bonds. The van der Waals surface area contributed by atoms with Crippen molar-refractivity contribution >= 4 is 31.8 Å². The van der Waals surface area contributed by atoms with E-state index in [0.717, 1.165) is 18.8 Å². The van der Waals surface area contributed by atoms with Crippen LogP contribution in [0.3, 0.4) is 0 Å². The van der Waals surface area contributed by atoms with Crippen molar-refractivity contribution in [2.75, 3.05) is 18.0 Å². The molecular weight excluding hydrogens is 248 g/mol. The highest BCUT2D eigenvalue weighted by atomic mass is 35.7. The first-order valence-corrected chi connectivity index (χ1v) is 7.30. The number of aliphatic imine (C=N–C) groups is 1. The van der Waals surface area contributed by atoms with Crippen LogP contribution in [0.2, 0.25) is 0 Å². The summed E-state index contributed by atoms with van der Waals surface area (Å²) in [5.41, 5.74) is 1.70. The second-order valence-electron chi connectivity index (χ2n) is 3.56. The Bertz CT molecular complexity index is 496. The molecule has 0 fully saturated rings. The monoisotopic (exact) mass is 258 g/mol. The molecule has 2 rings (SSSR count). The second-order valence-corrected chi connectivity index (χ2v) is 6.34. The average Bonchev–Trinajstić information content (AvgIpc) is 2.69. The normalized spacial score (nSPS) is 15.7. The molecule has 0 bridgehead atoms. The number of rotatable bonds is 3. The Morgan fingerprint density at radius 3 is 2.50 bits per heavy atom. The van der Waals surface area contributed by atoms with Gasteiger partial charge in [0.1, 0.15) is 0 Å². The van der Waals surface area contributed by atoms with Crippen LogP contribution >= 0.6 is 10.7 Å². The van der Waals surface area contributed by atoms with Crippen molar-refractivity contribution in [1.82, 2.24) is 0 Å². The molecule has 1 aromatic rings. The van der Waals surface area contributed by atoms with Crippen molar-refractivity contribution in [3.63, 3.8) is 0 Å². The standard InChI is InChI=1S/C10H11ClN2O2S/c11-16(14,15)7-9-1-3-10(4-2-9)13-6-5-12-8-13/h1-4,8H,5-7H2. The fourth-order valence-electron chi connectivity index (χ4n) is 1.56. The lowest BCUT2D eigenvalue weighted by molar-refractivity contribution is 0.609.